The van der Waals surface area contributed by atoms with Gasteiger partial charge < -0.3 is 0 Å². The van der Waals surface area contributed by atoms with Gasteiger partial charge in [-0.15, -0.1) is 0 Å². The summed E-state index contributed by atoms with van der Waals surface area (Å²) in [5.41, 5.74) is 0.504. The maximum absolute atomic E-state index is 13.6. The van der Waals surface area contributed by atoms with Crippen LogP contribution in [-0.2, 0) is 6.54 Å². The van der Waals surface area contributed by atoms with E-state index in [2.05, 4.69) is 15.1 Å². The van der Waals surface area contributed by atoms with Crippen molar-refractivity contribution in [1.82, 2.24) is 19.7 Å². The summed E-state index contributed by atoms with van der Waals surface area (Å²) in [6.45, 7) is 0.243. The van der Waals surface area contributed by atoms with Crippen molar-refractivity contribution >= 4 is 17.3 Å². The Kier molecular flexibility index (Phi) is 3.98. The van der Waals surface area contributed by atoms with Crippen molar-refractivity contribution in [2.45, 2.75) is 6.54 Å². The zero-order valence-electron chi connectivity index (χ0n) is 11.6. The molecule has 0 aliphatic carbocycles. The highest BCUT2D eigenvalue weighted by Gasteiger charge is 2.17. The summed E-state index contributed by atoms with van der Waals surface area (Å²) in [5.74, 6) is -0.160. The molecule has 7 nitrogen and oxygen atoms in total. The molecule has 0 aliphatic heterocycles. The van der Waals surface area contributed by atoms with E-state index in [4.69, 9.17) is 11.6 Å². The highest BCUT2D eigenvalue weighted by Crippen LogP contribution is 2.23. The average Bonchev–Trinajstić information content (AvgIpc) is 2.98. The number of hydrogen-bond acceptors (Lipinski definition) is 5. The zero-order chi connectivity index (χ0) is 16.4. The van der Waals surface area contributed by atoms with Crippen LogP contribution in [0, 0.1) is 15.9 Å². The van der Waals surface area contributed by atoms with E-state index in [1.54, 1.807) is 30.5 Å². The molecule has 0 atom stereocenters. The Morgan fingerprint density at radius 2 is 2.09 bits per heavy atom. The Morgan fingerprint density at radius 1 is 1.30 bits per heavy atom. The summed E-state index contributed by atoms with van der Waals surface area (Å²) in [7, 11) is 0. The van der Waals surface area contributed by atoms with Gasteiger partial charge in [-0.2, -0.15) is 5.10 Å². The number of benzene rings is 1. The van der Waals surface area contributed by atoms with Crippen molar-refractivity contribution < 1.29 is 9.31 Å². The van der Waals surface area contributed by atoms with Gasteiger partial charge in [0.25, 0.3) is 0 Å². The van der Waals surface area contributed by atoms with Crippen LogP contribution in [0.5, 0.6) is 0 Å². The van der Waals surface area contributed by atoms with Gasteiger partial charge in [-0.25, -0.2) is 14.4 Å². The van der Waals surface area contributed by atoms with E-state index >= 15 is 0 Å². The second-order valence-electron chi connectivity index (χ2n) is 4.62. The second-order valence-corrected chi connectivity index (χ2v) is 4.97. The van der Waals surface area contributed by atoms with Gasteiger partial charge in [0.1, 0.15) is 17.7 Å². The molecular formula is C14H9ClFN5O2. The molecule has 0 unspecified atom stereocenters. The van der Waals surface area contributed by atoms with Gasteiger partial charge in [-0.1, -0.05) is 29.8 Å². The van der Waals surface area contributed by atoms with Gasteiger partial charge in [-0.3, -0.25) is 14.8 Å². The molecule has 0 N–H and O–H groups in total. The molecule has 0 bridgehead atoms. The van der Waals surface area contributed by atoms with Gasteiger partial charge in [0.15, 0.2) is 5.82 Å². The number of halogens is 2. The molecule has 0 spiro atoms. The molecule has 2 aromatic heterocycles. The summed E-state index contributed by atoms with van der Waals surface area (Å²) in [5, 5.41) is 14.7. The van der Waals surface area contributed by atoms with Crippen molar-refractivity contribution in [3.8, 4) is 11.5 Å². The third kappa shape index (κ3) is 3.16. The van der Waals surface area contributed by atoms with Crippen LogP contribution in [0.4, 0.5) is 10.1 Å². The lowest BCUT2D eigenvalue weighted by molar-refractivity contribution is -0.385. The average molecular weight is 334 g/mol. The van der Waals surface area contributed by atoms with Gasteiger partial charge in [0.2, 0.25) is 5.15 Å². The fourth-order valence-electron chi connectivity index (χ4n) is 1.97. The largest absolute Gasteiger partial charge is 0.324 e. The molecule has 9 heteroatoms. The molecule has 0 saturated heterocycles. The van der Waals surface area contributed by atoms with Crippen molar-refractivity contribution in [1.29, 1.82) is 0 Å². The van der Waals surface area contributed by atoms with E-state index < -0.39 is 4.92 Å². The standard InChI is InChI=1S/C14H9ClFN5O2/c15-13-12(21(22)23)7-17-14(18-13)11-5-6-20(19-11)8-9-3-1-2-4-10(9)16/h1-7H,8H2. The number of aromatic nitrogens is 4. The van der Waals surface area contributed by atoms with Crippen LogP contribution in [0.15, 0.2) is 42.7 Å². The molecule has 0 amide bonds. The lowest BCUT2D eigenvalue weighted by Gasteiger charge is -2.03. The van der Waals surface area contributed by atoms with E-state index in [-0.39, 0.29) is 29.0 Å². The number of hydrogen-bond donors (Lipinski definition) is 0. The first-order valence-corrected chi connectivity index (χ1v) is 6.86. The normalized spacial score (nSPS) is 10.7. The second kappa shape index (κ2) is 6.09. The van der Waals surface area contributed by atoms with Crippen LogP contribution in [0.25, 0.3) is 11.5 Å². The summed E-state index contributed by atoms with van der Waals surface area (Å²) < 4.78 is 15.2. The van der Waals surface area contributed by atoms with Gasteiger partial charge in [0.05, 0.1) is 11.5 Å². The Bertz CT molecular complexity index is 883. The smallest absolute Gasteiger partial charge is 0.267 e. The van der Waals surface area contributed by atoms with Crippen LogP contribution < -0.4 is 0 Å². The van der Waals surface area contributed by atoms with Gasteiger partial charge in [0, 0.05) is 11.8 Å². The number of rotatable bonds is 4. The Labute approximate surface area is 134 Å². The SMILES string of the molecule is O=[N+]([O-])c1cnc(-c2ccn(Cc3ccccc3F)n2)nc1Cl. The lowest BCUT2D eigenvalue weighted by atomic mass is 10.2. The molecule has 0 aliphatic rings. The molecule has 3 aromatic rings. The Hall–Kier alpha value is -2.87. The third-order valence-electron chi connectivity index (χ3n) is 3.08. The predicted molar refractivity (Wildman–Crippen MR) is 80.4 cm³/mol. The van der Waals surface area contributed by atoms with E-state index in [9.17, 15) is 14.5 Å². The summed E-state index contributed by atoms with van der Waals surface area (Å²) in [4.78, 5) is 17.8. The first kappa shape index (κ1) is 15.0. The van der Waals surface area contributed by atoms with Gasteiger partial charge >= 0.3 is 5.69 Å². The molecule has 3 rings (SSSR count). The monoisotopic (exact) mass is 333 g/mol. The first-order chi connectivity index (χ1) is 11.0. The molecule has 0 saturated carbocycles. The minimum absolute atomic E-state index is 0.160. The summed E-state index contributed by atoms with van der Waals surface area (Å²) in [6, 6.07) is 8.01. The lowest BCUT2D eigenvalue weighted by Crippen LogP contribution is -2.03. The Morgan fingerprint density at radius 3 is 2.78 bits per heavy atom. The van der Waals surface area contributed by atoms with E-state index in [1.807, 2.05) is 0 Å². The Balaban J connectivity index is 1.86. The van der Waals surface area contributed by atoms with Crippen LogP contribution in [0.1, 0.15) is 5.56 Å². The van der Waals surface area contributed by atoms with Gasteiger partial charge in [-0.05, 0) is 12.1 Å². The summed E-state index contributed by atoms with van der Waals surface area (Å²) in [6.07, 6.45) is 2.67. The third-order valence-corrected chi connectivity index (χ3v) is 3.36. The van der Waals surface area contributed by atoms with Crippen molar-refractivity contribution in [3.63, 3.8) is 0 Å². The maximum Gasteiger partial charge on any atom is 0.324 e. The molecular weight excluding hydrogens is 325 g/mol. The quantitative estimate of drug-likeness (QED) is 0.416. The predicted octanol–water partition coefficient (Wildman–Crippen LogP) is 3.09. The topological polar surface area (TPSA) is 86.7 Å². The molecule has 0 radical (unpaired) electrons. The first-order valence-electron chi connectivity index (χ1n) is 6.49. The van der Waals surface area contributed by atoms with E-state index in [0.29, 0.717) is 11.3 Å². The zero-order valence-corrected chi connectivity index (χ0v) is 12.3. The fourth-order valence-corrected chi connectivity index (χ4v) is 2.17. The minimum atomic E-state index is -0.664. The molecule has 23 heavy (non-hydrogen) atoms. The highest BCUT2D eigenvalue weighted by molar-refractivity contribution is 6.31. The summed E-state index contributed by atoms with van der Waals surface area (Å²) >= 11 is 5.75. The molecule has 1 aromatic carbocycles. The minimum Gasteiger partial charge on any atom is -0.267 e. The van der Waals surface area contributed by atoms with E-state index in [0.717, 1.165) is 6.20 Å². The fraction of sp³-hybridized carbons (Fsp3) is 0.0714. The van der Waals surface area contributed by atoms with E-state index in [1.165, 1.54) is 10.7 Å². The number of nitrogens with zero attached hydrogens (tertiary/aromatic N) is 5. The van der Waals surface area contributed by atoms with Crippen molar-refractivity contribution in [2.24, 2.45) is 0 Å². The van der Waals surface area contributed by atoms with Crippen LogP contribution in [0.3, 0.4) is 0 Å². The highest BCUT2D eigenvalue weighted by atomic mass is 35.5. The molecule has 0 fully saturated rings. The maximum atomic E-state index is 13.6. The number of nitro groups is 1. The van der Waals surface area contributed by atoms with Crippen LogP contribution in [-0.4, -0.2) is 24.7 Å². The van der Waals surface area contributed by atoms with Crippen LogP contribution in [0.2, 0.25) is 5.15 Å². The van der Waals surface area contributed by atoms with Crippen molar-refractivity contribution in [2.75, 3.05) is 0 Å². The van der Waals surface area contributed by atoms with Crippen LogP contribution >= 0.6 is 11.6 Å². The van der Waals surface area contributed by atoms with Crippen molar-refractivity contribution in [3.05, 3.63) is 69.4 Å². The molecule has 2 heterocycles. The molecule has 116 valence electrons.